The molecule has 2 rings (SSSR count). The van der Waals surface area contributed by atoms with Crippen molar-refractivity contribution in [3.63, 3.8) is 0 Å². The van der Waals surface area contributed by atoms with Gasteiger partial charge in [0, 0.05) is 40.3 Å². The summed E-state index contributed by atoms with van der Waals surface area (Å²) in [5.41, 5.74) is 0.931. The number of nitrogens with zero attached hydrogens (tertiary/aromatic N) is 4. The number of halogens is 2. The molecule has 0 unspecified atom stereocenters. The maximum atomic E-state index is 12.4. The van der Waals surface area contributed by atoms with Gasteiger partial charge in [-0.2, -0.15) is 0 Å². The Labute approximate surface area is 148 Å². The Hall–Kier alpha value is -1.96. The zero-order valence-corrected chi connectivity index (χ0v) is 15.2. The molecule has 140 valence electrons. The van der Waals surface area contributed by atoms with Gasteiger partial charge in [0.05, 0.1) is 18.8 Å². The molecule has 2 heterocycles. The topological polar surface area (TPSA) is 55.8 Å². The summed E-state index contributed by atoms with van der Waals surface area (Å²) < 4.78 is 24.9. The number of anilines is 1. The first-order chi connectivity index (χ1) is 12.0. The number of aliphatic imine (C=N–C) groups is 1. The van der Waals surface area contributed by atoms with E-state index in [9.17, 15) is 8.78 Å². The number of rotatable bonds is 6. The number of hydrogen-bond acceptors (Lipinski definition) is 4. The molecular formula is C17H28F2N6. The van der Waals surface area contributed by atoms with E-state index in [4.69, 9.17) is 0 Å². The summed E-state index contributed by atoms with van der Waals surface area (Å²) in [5, 5.41) is 6.64. The fourth-order valence-electron chi connectivity index (χ4n) is 2.83. The van der Waals surface area contributed by atoms with Gasteiger partial charge in [-0.15, -0.1) is 0 Å². The van der Waals surface area contributed by atoms with Crippen molar-refractivity contribution in [1.29, 1.82) is 0 Å². The number of likely N-dealkylation sites (tertiary alicyclic amines) is 1. The molecule has 1 aromatic heterocycles. The molecule has 0 amide bonds. The van der Waals surface area contributed by atoms with E-state index in [1.165, 1.54) is 0 Å². The molecule has 2 N–H and O–H groups in total. The largest absolute Gasteiger partial charge is 0.363 e. The predicted molar refractivity (Wildman–Crippen MR) is 97.4 cm³/mol. The molecule has 0 radical (unpaired) electrons. The smallest absolute Gasteiger partial charge is 0.251 e. The maximum Gasteiger partial charge on any atom is 0.251 e. The van der Waals surface area contributed by atoms with Crippen LogP contribution in [0.4, 0.5) is 14.6 Å². The number of aromatic nitrogens is 1. The molecule has 6 nitrogen and oxygen atoms in total. The fraction of sp³-hybridized carbons (Fsp3) is 0.647. The Balaban J connectivity index is 1.79. The third-order valence-electron chi connectivity index (χ3n) is 4.24. The van der Waals surface area contributed by atoms with Gasteiger partial charge in [0.2, 0.25) is 0 Å². The number of nitrogens with one attached hydrogen (secondary N) is 2. The summed E-state index contributed by atoms with van der Waals surface area (Å²) in [6.45, 7) is 1.82. The van der Waals surface area contributed by atoms with Gasteiger partial charge in [0.15, 0.2) is 5.96 Å². The van der Waals surface area contributed by atoms with Crippen molar-refractivity contribution < 1.29 is 8.78 Å². The second-order valence-electron chi connectivity index (χ2n) is 6.42. The van der Waals surface area contributed by atoms with Gasteiger partial charge in [0.1, 0.15) is 5.82 Å². The van der Waals surface area contributed by atoms with E-state index >= 15 is 0 Å². The van der Waals surface area contributed by atoms with E-state index in [2.05, 4.69) is 20.6 Å². The lowest BCUT2D eigenvalue weighted by Gasteiger charge is -2.32. The summed E-state index contributed by atoms with van der Waals surface area (Å²) in [6, 6.07) is 6.16. The van der Waals surface area contributed by atoms with Gasteiger partial charge in [-0.25, -0.2) is 13.8 Å². The molecule has 25 heavy (non-hydrogen) atoms. The molecule has 1 fully saturated rings. The van der Waals surface area contributed by atoms with Crippen LogP contribution in [0.15, 0.2) is 23.2 Å². The zero-order chi connectivity index (χ0) is 18.2. The van der Waals surface area contributed by atoms with Crippen molar-refractivity contribution in [1.82, 2.24) is 20.5 Å². The standard InChI is InChI=1S/C17H28F2N6/c1-20-17(21-11-14-5-4-6-16(22-14)24(2)3)23-13-7-9-25(10-8-13)12-15(18)19/h4-6,13,15H,7-12H2,1-3H3,(H2,20,21,23). The van der Waals surface area contributed by atoms with Crippen LogP contribution < -0.4 is 15.5 Å². The van der Waals surface area contributed by atoms with Crippen LogP contribution in [0.2, 0.25) is 0 Å². The highest BCUT2D eigenvalue weighted by atomic mass is 19.3. The molecule has 0 saturated carbocycles. The van der Waals surface area contributed by atoms with Gasteiger partial charge in [-0.3, -0.25) is 9.89 Å². The van der Waals surface area contributed by atoms with Crippen molar-refractivity contribution in [2.75, 3.05) is 45.7 Å². The van der Waals surface area contributed by atoms with E-state index in [1.807, 2.05) is 42.1 Å². The minimum Gasteiger partial charge on any atom is -0.363 e. The maximum absolute atomic E-state index is 12.4. The number of hydrogen-bond donors (Lipinski definition) is 2. The third kappa shape index (κ3) is 6.45. The van der Waals surface area contributed by atoms with Crippen LogP contribution >= 0.6 is 0 Å². The lowest BCUT2D eigenvalue weighted by molar-refractivity contribution is 0.0744. The number of guanidine groups is 1. The highest BCUT2D eigenvalue weighted by molar-refractivity contribution is 5.79. The molecule has 1 aliphatic rings. The second-order valence-corrected chi connectivity index (χ2v) is 6.42. The second kappa shape index (κ2) is 9.50. The highest BCUT2D eigenvalue weighted by Gasteiger charge is 2.21. The van der Waals surface area contributed by atoms with E-state index in [-0.39, 0.29) is 12.6 Å². The summed E-state index contributed by atoms with van der Waals surface area (Å²) in [4.78, 5) is 12.6. The predicted octanol–water partition coefficient (Wildman–Crippen LogP) is 1.54. The Morgan fingerprint density at radius 1 is 1.36 bits per heavy atom. The van der Waals surface area contributed by atoms with Crippen LogP contribution in [-0.2, 0) is 6.54 Å². The van der Waals surface area contributed by atoms with Crippen LogP contribution in [0.3, 0.4) is 0 Å². The number of alkyl halides is 2. The third-order valence-corrected chi connectivity index (χ3v) is 4.24. The van der Waals surface area contributed by atoms with Gasteiger partial charge in [-0.05, 0) is 25.0 Å². The van der Waals surface area contributed by atoms with Crippen LogP contribution in [0, 0.1) is 0 Å². The molecule has 0 aromatic carbocycles. The molecular weight excluding hydrogens is 326 g/mol. The Bertz CT molecular complexity index is 556. The van der Waals surface area contributed by atoms with Crippen molar-refractivity contribution in [2.24, 2.45) is 4.99 Å². The first-order valence-electron chi connectivity index (χ1n) is 8.59. The van der Waals surface area contributed by atoms with Gasteiger partial charge < -0.3 is 15.5 Å². The van der Waals surface area contributed by atoms with E-state index in [1.54, 1.807) is 7.05 Å². The Morgan fingerprint density at radius 2 is 2.08 bits per heavy atom. The summed E-state index contributed by atoms with van der Waals surface area (Å²) in [6.07, 6.45) is -0.590. The van der Waals surface area contributed by atoms with Crippen LogP contribution in [0.1, 0.15) is 18.5 Å². The van der Waals surface area contributed by atoms with Crippen molar-refractivity contribution in [2.45, 2.75) is 31.9 Å². The molecule has 0 spiro atoms. The SMILES string of the molecule is CN=C(NCc1cccc(N(C)C)n1)NC1CCN(CC(F)F)CC1. The van der Waals surface area contributed by atoms with E-state index in [0.717, 1.165) is 24.4 Å². The van der Waals surface area contributed by atoms with E-state index in [0.29, 0.717) is 25.6 Å². The monoisotopic (exact) mass is 354 g/mol. The van der Waals surface area contributed by atoms with Crippen molar-refractivity contribution >= 4 is 11.8 Å². The lowest BCUT2D eigenvalue weighted by Crippen LogP contribution is -2.49. The van der Waals surface area contributed by atoms with Crippen LogP contribution in [0.25, 0.3) is 0 Å². The van der Waals surface area contributed by atoms with Crippen molar-refractivity contribution in [3.05, 3.63) is 23.9 Å². The normalized spacial score (nSPS) is 17.0. The fourth-order valence-corrected chi connectivity index (χ4v) is 2.83. The molecule has 1 aromatic rings. The summed E-state index contributed by atoms with van der Waals surface area (Å²) in [7, 11) is 5.64. The molecule has 1 aliphatic heterocycles. The van der Waals surface area contributed by atoms with Crippen LogP contribution in [-0.4, -0.2) is 69.1 Å². The average Bonchev–Trinajstić information content (AvgIpc) is 2.59. The number of pyridine rings is 1. The first-order valence-corrected chi connectivity index (χ1v) is 8.59. The molecule has 0 aliphatic carbocycles. The number of piperidine rings is 1. The van der Waals surface area contributed by atoms with E-state index < -0.39 is 6.43 Å². The zero-order valence-electron chi connectivity index (χ0n) is 15.2. The van der Waals surface area contributed by atoms with Gasteiger partial charge >= 0.3 is 0 Å². The highest BCUT2D eigenvalue weighted by Crippen LogP contribution is 2.12. The minimum absolute atomic E-state index is 0.131. The van der Waals surface area contributed by atoms with Crippen molar-refractivity contribution in [3.8, 4) is 0 Å². The molecule has 1 saturated heterocycles. The van der Waals surface area contributed by atoms with Gasteiger partial charge in [0.25, 0.3) is 6.43 Å². The average molecular weight is 354 g/mol. The summed E-state index contributed by atoms with van der Waals surface area (Å²) in [5.74, 6) is 1.62. The Morgan fingerprint density at radius 3 is 2.68 bits per heavy atom. The quantitative estimate of drug-likeness (QED) is 0.600. The Kier molecular flexibility index (Phi) is 7.36. The van der Waals surface area contributed by atoms with Gasteiger partial charge in [-0.1, -0.05) is 6.07 Å². The molecule has 0 bridgehead atoms. The molecule has 8 heteroatoms. The summed E-state index contributed by atoms with van der Waals surface area (Å²) >= 11 is 0. The lowest BCUT2D eigenvalue weighted by atomic mass is 10.1. The van der Waals surface area contributed by atoms with Crippen LogP contribution in [0.5, 0.6) is 0 Å². The minimum atomic E-state index is -2.26. The first kappa shape index (κ1) is 19.4. The molecule has 0 atom stereocenters.